The Morgan fingerprint density at radius 1 is 1.12 bits per heavy atom. The van der Waals surface area contributed by atoms with E-state index in [1.807, 2.05) is 49.6 Å². The molecule has 1 aromatic carbocycles. The third kappa shape index (κ3) is 5.86. The highest BCUT2D eigenvalue weighted by atomic mass is 16.5. The minimum Gasteiger partial charge on any atom is -0.505 e. The maximum Gasteiger partial charge on any atom is 0.295 e. The smallest absolute Gasteiger partial charge is 0.295 e. The normalized spacial score (nSPS) is 16.6. The highest BCUT2D eigenvalue weighted by Gasteiger charge is 2.46. The molecule has 1 unspecified atom stereocenters. The van der Waals surface area contributed by atoms with E-state index < -0.39 is 17.7 Å². The molecule has 4 rings (SSSR count). The summed E-state index contributed by atoms with van der Waals surface area (Å²) in [6, 6.07) is 8.38. The van der Waals surface area contributed by atoms with Gasteiger partial charge in [-0.25, -0.2) is 4.98 Å². The predicted octanol–water partition coefficient (Wildman–Crippen LogP) is 5.07. The SMILES string of the molecule is C=CCOc1ccc(C2C(=C(O)c3nc4c(C)cccn4c3C)C(=O)C(=O)N2CCCN(CC)CC)cc1OCC. The molecule has 1 amide bonds. The van der Waals surface area contributed by atoms with Gasteiger partial charge in [-0.3, -0.25) is 9.59 Å². The number of aliphatic hydroxyl groups excluding tert-OH is 1. The molecule has 1 saturated heterocycles. The molecule has 1 aliphatic heterocycles. The lowest BCUT2D eigenvalue weighted by Crippen LogP contribution is -2.33. The van der Waals surface area contributed by atoms with Crippen molar-refractivity contribution in [2.75, 3.05) is 39.4 Å². The van der Waals surface area contributed by atoms with Gasteiger partial charge in [0.1, 0.15) is 17.9 Å². The fourth-order valence-electron chi connectivity index (χ4n) is 5.37. The van der Waals surface area contributed by atoms with Crippen LogP contribution in [0.25, 0.3) is 11.4 Å². The van der Waals surface area contributed by atoms with Crippen molar-refractivity contribution < 1.29 is 24.2 Å². The number of aromatic nitrogens is 2. The van der Waals surface area contributed by atoms with Gasteiger partial charge in [-0.05, 0) is 76.2 Å². The monoisotopic (exact) mass is 560 g/mol. The lowest BCUT2D eigenvalue weighted by atomic mass is 9.96. The first-order chi connectivity index (χ1) is 19.8. The van der Waals surface area contributed by atoms with Crippen LogP contribution < -0.4 is 9.47 Å². The van der Waals surface area contributed by atoms with Crippen molar-refractivity contribution in [1.82, 2.24) is 19.2 Å². The van der Waals surface area contributed by atoms with E-state index in [4.69, 9.17) is 9.47 Å². The number of hydrogen-bond donors (Lipinski definition) is 1. The van der Waals surface area contributed by atoms with Crippen LogP contribution in [0.15, 0.2) is 54.8 Å². The molecule has 3 aromatic rings. The molecule has 1 N–H and O–H groups in total. The van der Waals surface area contributed by atoms with Crippen molar-refractivity contribution in [3.8, 4) is 11.5 Å². The summed E-state index contributed by atoms with van der Waals surface area (Å²) in [4.78, 5) is 35.6. The molecule has 0 spiro atoms. The number of fused-ring (bicyclic) bond motifs is 1. The number of benzene rings is 1. The molecule has 0 aliphatic carbocycles. The quantitative estimate of drug-likeness (QED) is 0.135. The van der Waals surface area contributed by atoms with Crippen LogP contribution in [0.2, 0.25) is 0 Å². The molecule has 2 aromatic heterocycles. The molecule has 1 aliphatic rings. The van der Waals surface area contributed by atoms with E-state index in [1.54, 1.807) is 23.1 Å². The van der Waals surface area contributed by atoms with Gasteiger partial charge >= 0.3 is 0 Å². The summed E-state index contributed by atoms with van der Waals surface area (Å²) in [5, 5.41) is 11.7. The Balaban J connectivity index is 1.86. The second kappa shape index (κ2) is 13.0. The van der Waals surface area contributed by atoms with Gasteiger partial charge in [0.2, 0.25) is 0 Å². The number of carbonyl (C=O) groups excluding carboxylic acids is 2. The minimum atomic E-state index is -0.815. The van der Waals surface area contributed by atoms with E-state index in [0.717, 1.165) is 25.2 Å². The number of carbonyl (C=O) groups is 2. The van der Waals surface area contributed by atoms with E-state index in [-0.39, 0.29) is 17.0 Å². The summed E-state index contributed by atoms with van der Waals surface area (Å²) in [7, 11) is 0. The van der Waals surface area contributed by atoms with Gasteiger partial charge in [0, 0.05) is 12.7 Å². The summed E-state index contributed by atoms with van der Waals surface area (Å²) in [5.41, 5.74) is 3.22. The fraction of sp³-hybridized carbons (Fsp3) is 0.406. The first-order valence-corrected chi connectivity index (χ1v) is 14.2. The highest BCUT2D eigenvalue weighted by molar-refractivity contribution is 6.46. The van der Waals surface area contributed by atoms with Crippen molar-refractivity contribution in [3.63, 3.8) is 0 Å². The number of amides is 1. The first-order valence-electron chi connectivity index (χ1n) is 14.2. The number of imidazole rings is 1. The molecule has 1 atom stereocenters. The number of aliphatic hydroxyl groups is 1. The summed E-state index contributed by atoms with van der Waals surface area (Å²) >= 11 is 0. The van der Waals surface area contributed by atoms with Crippen LogP contribution in [0.5, 0.6) is 11.5 Å². The largest absolute Gasteiger partial charge is 0.505 e. The van der Waals surface area contributed by atoms with Crippen LogP contribution in [-0.2, 0) is 9.59 Å². The van der Waals surface area contributed by atoms with E-state index in [0.29, 0.717) is 54.6 Å². The molecule has 3 heterocycles. The fourth-order valence-corrected chi connectivity index (χ4v) is 5.37. The summed E-state index contributed by atoms with van der Waals surface area (Å²) in [6.45, 7) is 17.2. The number of hydrogen-bond acceptors (Lipinski definition) is 7. The zero-order valence-electron chi connectivity index (χ0n) is 24.6. The van der Waals surface area contributed by atoms with Gasteiger partial charge < -0.3 is 28.8 Å². The average molecular weight is 561 g/mol. The van der Waals surface area contributed by atoms with Crippen LogP contribution in [0.4, 0.5) is 0 Å². The van der Waals surface area contributed by atoms with Crippen molar-refractivity contribution in [2.24, 2.45) is 0 Å². The van der Waals surface area contributed by atoms with Crippen LogP contribution >= 0.6 is 0 Å². The number of ketones is 1. The maximum absolute atomic E-state index is 13.6. The van der Waals surface area contributed by atoms with Gasteiger partial charge in [-0.1, -0.05) is 38.6 Å². The Labute approximate surface area is 241 Å². The summed E-state index contributed by atoms with van der Waals surface area (Å²) < 4.78 is 13.5. The van der Waals surface area contributed by atoms with Gasteiger partial charge in [0.15, 0.2) is 17.3 Å². The third-order valence-electron chi connectivity index (χ3n) is 7.56. The highest BCUT2D eigenvalue weighted by Crippen LogP contribution is 2.42. The number of likely N-dealkylation sites (tertiary alicyclic amines) is 1. The van der Waals surface area contributed by atoms with Gasteiger partial charge in [-0.2, -0.15) is 0 Å². The van der Waals surface area contributed by atoms with Crippen LogP contribution in [0.1, 0.15) is 55.7 Å². The zero-order valence-corrected chi connectivity index (χ0v) is 24.6. The first kappa shape index (κ1) is 29.9. The number of aryl methyl sites for hydroxylation is 2. The van der Waals surface area contributed by atoms with Crippen LogP contribution in [0.3, 0.4) is 0 Å². The Morgan fingerprint density at radius 3 is 2.54 bits per heavy atom. The topological polar surface area (TPSA) is 96.6 Å². The summed E-state index contributed by atoms with van der Waals surface area (Å²) in [5.74, 6) is -0.641. The minimum absolute atomic E-state index is 0.0178. The molecule has 0 radical (unpaired) electrons. The van der Waals surface area contributed by atoms with Gasteiger partial charge in [0.05, 0.1) is 23.9 Å². The van der Waals surface area contributed by atoms with E-state index in [2.05, 4.69) is 30.3 Å². The summed E-state index contributed by atoms with van der Waals surface area (Å²) in [6.07, 6.45) is 4.19. The Hall–Kier alpha value is -4.11. The molecule has 41 heavy (non-hydrogen) atoms. The molecule has 0 bridgehead atoms. The number of Topliss-reactive ketones (excluding diaryl/α,β-unsaturated/α-hetero) is 1. The molecule has 1 fully saturated rings. The lowest BCUT2D eigenvalue weighted by molar-refractivity contribution is -0.140. The molecule has 0 saturated carbocycles. The average Bonchev–Trinajstić information content (AvgIpc) is 3.44. The van der Waals surface area contributed by atoms with Crippen LogP contribution in [-0.4, -0.2) is 75.4 Å². The standard InChI is InChI=1S/C32H40N4O5/c1-7-19-41-24-15-14-23(20-25(24)40-10-4)28-26(30(38)32(39)36(28)18-12-16-34(8-2)9-3)29(37)27-22(6)35-17-11-13-21(5)31(35)33-27/h7,11,13-15,17,20,28,37H,1,8-10,12,16,18-19H2,2-6H3. The second-order valence-corrected chi connectivity index (χ2v) is 10.0. The van der Waals surface area contributed by atoms with Gasteiger partial charge in [0.25, 0.3) is 11.7 Å². The van der Waals surface area contributed by atoms with Crippen molar-refractivity contribution in [3.05, 3.63) is 77.3 Å². The number of ether oxygens (including phenoxy) is 2. The number of nitrogens with zero attached hydrogens (tertiary/aromatic N) is 4. The van der Waals surface area contributed by atoms with E-state index in [1.165, 1.54) is 0 Å². The molecule has 9 nitrogen and oxygen atoms in total. The van der Waals surface area contributed by atoms with Crippen molar-refractivity contribution in [2.45, 2.75) is 47.1 Å². The van der Waals surface area contributed by atoms with E-state index in [9.17, 15) is 14.7 Å². The molecule has 218 valence electrons. The van der Waals surface area contributed by atoms with E-state index >= 15 is 0 Å². The lowest BCUT2D eigenvalue weighted by Gasteiger charge is -2.27. The van der Waals surface area contributed by atoms with Crippen molar-refractivity contribution in [1.29, 1.82) is 0 Å². The Morgan fingerprint density at radius 2 is 1.88 bits per heavy atom. The van der Waals surface area contributed by atoms with Crippen molar-refractivity contribution >= 4 is 23.1 Å². The molecule has 9 heteroatoms. The number of rotatable bonds is 13. The molecular weight excluding hydrogens is 520 g/mol. The second-order valence-electron chi connectivity index (χ2n) is 10.0. The zero-order chi connectivity index (χ0) is 29.7. The maximum atomic E-state index is 13.6. The Bertz CT molecular complexity index is 1470. The number of pyridine rings is 1. The predicted molar refractivity (Wildman–Crippen MR) is 159 cm³/mol. The Kier molecular flexibility index (Phi) is 9.50. The van der Waals surface area contributed by atoms with Crippen LogP contribution in [0, 0.1) is 13.8 Å². The third-order valence-corrected chi connectivity index (χ3v) is 7.56. The van der Waals surface area contributed by atoms with Gasteiger partial charge in [-0.15, -0.1) is 0 Å². The molecular formula is C32H40N4O5.